The molecule has 0 aromatic heterocycles. The highest BCUT2D eigenvalue weighted by atomic mass is 32.1. The summed E-state index contributed by atoms with van der Waals surface area (Å²) < 4.78 is 0. The molecule has 0 bridgehead atoms. The van der Waals surface area contributed by atoms with E-state index in [0.717, 1.165) is 0 Å². The number of primary amides is 2. The molecule has 0 atom stereocenters. The van der Waals surface area contributed by atoms with Gasteiger partial charge in [-0.2, -0.15) is 0 Å². The molecule has 0 aliphatic carbocycles. The number of hydrogen-bond acceptors (Lipinski definition) is 4. The topological polar surface area (TPSA) is 115 Å². The molecule has 86 valence electrons. The van der Waals surface area contributed by atoms with Crippen LogP contribution in [-0.2, 0) is 9.59 Å². The molecule has 15 heavy (non-hydrogen) atoms. The van der Waals surface area contributed by atoms with Crippen LogP contribution in [0.4, 0.5) is 0 Å². The molecular weight excluding hydrogens is 216 g/mol. The lowest BCUT2D eigenvalue weighted by Gasteiger charge is -2.18. The van der Waals surface area contributed by atoms with Gasteiger partial charge in [-0.3, -0.25) is 14.5 Å². The Kier molecular flexibility index (Phi) is 6.56. The first-order chi connectivity index (χ1) is 6.91. The lowest BCUT2D eigenvalue weighted by atomic mass is 10.3. The second kappa shape index (κ2) is 7.13. The minimum Gasteiger partial charge on any atom is -0.393 e. The van der Waals surface area contributed by atoms with Gasteiger partial charge in [0, 0.05) is 0 Å². The van der Waals surface area contributed by atoms with Crippen LogP contribution in [0, 0.1) is 0 Å². The van der Waals surface area contributed by atoms with Gasteiger partial charge in [0.05, 0.1) is 18.1 Å². The Bertz CT molecular complexity index is 241. The van der Waals surface area contributed by atoms with Crippen LogP contribution < -0.4 is 17.2 Å². The number of carbonyl (C=O) groups excluding carboxylic acids is 2. The Hall–Kier alpha value is -1.21. The number of carbonyl (C=O) groups is 2. The summed E-state index contributed by atoms with van der Waals surface area (Å²) in [5, 5.41) is 0. The number of thiocarbonyl (C=S) groups is 1. The molecule has 0 aromatic rings. The Morgan fingerprint density at radius 1 is 1.07 bits per heavy atom. The number of nitrogens with zero attached hydrogens (tertiary/aromatic N) is 1. The molecule has 0 unspecified atom stereocenters. The Morgan fingerprint density at radius 2 is 1.53 bits per heavy atom. The van der Waals surface area contributed by atoms with E-state index >= 15 is 0 Å². The quantitative estimate of drug-likeness (QED) is 0.432. The zero-order chi connectivity index (χ0) is 11.8. The molecular formula is C8H16N4O2S. The summed E-state index contributed by atoms with van der Waals surface area (Å²) in [5.74, 6) is -0.988. The van der Waals surface area contributed by atoms with Crippen molar-refractivity contribution in [3.63, 3.8) is 0 Å². The molecule has 0 spiro atoms. The zero-order valence-electron chi connectivity index (χ0n) is 8.44. The predicted octanol–water partition coefficient (Wildman–Crippen LogP) is -1.67. The lowest BCUT2D eigenvalue weighted by molar-refractivity contribution is -0.121. The summed E-state index contributed by atoms with van der Waals surface area (Å²) in [6, 6.07) is 0. The molecule has 0 aromatic carbocycles. The second-order valence-corrected chi connectivity index (χ2v) is 3.74. The first-order valence-electron chi connectivity index (χ1n) is 4.49. The molecule has 6 nitrogen and oxygen atoms in total. The number of nitrogens with two attached hydrogens (primary N) is 3. The van der Waals surface area contributed by atoms with E-state index in [0.29, 0.717) is 24.4 Å². The van der Waals surface area contributed by atoms with Gasteiger partial charge >= 0.3 is 0 Å². The van der Waals surface area contributed by atoms with Gasteiger partial charge in [-0.05, 0) is 19.4 Å². The second-order valence-electron chi connectivity index (χ2n) is 3.21. The van der Waals surface area contributed by atoms with Crippen LogP contribution in [0.25, 0.3) is 0 Å². The van der Waals surface area contributed by atoms with Crippen LogP contribution in [0.1, 0.15) is 12.8 Å². The van der Waals surface area contributed by atoms with E-state index in [-0.39, 0.29) is 13.1 Å². The molecule has 7 heteroatoms. The highest BCUT2D eigenvalue weighted by molar-refractivity contribution is 7.80. The maximum Gasteiger partial charge on any atom is 0.231 e. The third-order valence-electron chi connectivity index (χ3n) is 1.66. The molecule has 6 N–H and O–H groups in total. The van der Waals surface area contributed by atoms with Crippen molar-refractivity contribution < 1.29 is 9.59 Å². The standard InChI is InChI=1S/C8H16N4O2S/c9-6(13)4-12(5-7(10)14)3-1-2-8(11)15/h1-5H2,(H2,9,13)(H2,10,14)(H2,11,15). The van der Waals surface area contributed by atoms with Crippen molar-refractivity contribution in [2.24, 2.45) is 17.2 Å². The van der Waals surface area contributed by atoms with E-state index in [1.54, 1.807) is 4.90 Å². The fourth-order valence-corrected chi connectivity index (χ4v) is 1.28. The van der Waals surface area contributed by atoms with E-state index < -0.39 is 11.8 Å². The summed E-state index contributed by atoms with van der Waals surface area (Å²) in [6.07, 6.45) is 1.25. The smallest absolute Gasteiger partial charge is 0.231 e. The van der Waals surface area contributed by atoms with E-state index in [4.69, 9.17) is 29.4 Å². The van der Waals surface area contributed by atoms with Gasteiger partial charge in [-0.15, -0.1) is 0 Å². The van der Waals surface area contributed by atoms with Crippen molar-refractivity contribution in [2.75, 3.05) is 19.6 Å². The SMILES string of the molecule is NC(=O)CN(CCCC(N)=S)CC(N)=O. The maximum atomic E-state index is 10.7. The third kappa shape index (κ3) is 9.10. The molecule has 0 heterocycles. The van der Waals surface area contributed by atoms with Gasteiger partial charge in [0.2, 0.25) is 11.8 Å². The molecule has 0 aliphatic rings. The third-order valence-corrected chi connectivity index (χ3v) is 1.86. The molecule has 0 saturated heterocycles. The Morgan fingerprint density at radius 3 is 1.87 bits per heavy atom. The normalized spacial score (nSPS) is 10.2. The van der Waals surface area contributed by atoms with Crippen LogP contribution in [-0.4, -0.2) is 41.3 Å². The average Bonchev–Trinajstić information content (AvgIpc) is 2.00. The molecule has 0 fully saturated rings. The van der Waals surface area contributed by atoms with Gasteiger partial charge < -0.3 is 17.2 Å². The molecule has 0 radical (unpaired) electrons. The first-order valence-corrected chi connectivity index (χ1v) is 4.90. The zero-order valence-corrected chi connectivity index (χ0v) is 9.26. The van der Waals surface area contributed by atoms with Crippen LogP contribution in [0.2, 0.25) is 0 Å². The van der Waals surface area contributed by atoms with Crippen molar-refractivity contribution in [1.82, 2.24) is 4.90 Å². The number of rotatable bonds is 8. The van der Waals surface area contributed by atoms with Crippen molar-refractivity contribution >= 4 is 29.0 Å². The monoisotopic (exact) mass is 232 g/mol. The largest absolute Gasteiger partial charge is 0.393 e. The minimum atomic E-state index is -0.494. The van der Waals surface area contributed by atoms with Gasteiger partial charge in [-0.1, -0.05) is 12.2 Å². The maximum absolute atomic E-state index is 10.7. The Balaban J connectivity index is 3.94. The number of amides is 2. The summed E-state index contributed by atoms with van der Waals surface area (Å²) >= 11 is 4.70. The highest BCUT2D eigenvalue weighted by Crippen LogP contribution is 1.95. The summed E-state index contributed by atoms with van der Waals surface area (Å²) in [6.45, 7) is 0.545. The van der Waals surface area contributed by atoms with Crippen LogP contribution in [0.3, 0.4) is 0 Å². The van der Waals surface area contributed by atoms with Crippen molar-refractivity contribution in [3.8, 4) is 0 Å². The van der Waals surface area contributed by atoms with E-state index in [1.165, 1.54) is 0 Å². The molecule has 0 aliphatic heterocycles. The van der Waals surface area contributed by atoms with E-state index in [2.05, 4.69) is 0 Å². The van der Waals surface area contributed by atoms with Crippen LogP contribution >= 0.6 is 12.2 Å². The predicted molar refractivity (Wildman–Crippen MR) is 60.8 cm³/mol. The molecule has 0 saturated carbocycles. The van der Waals surface area contributed by atoms with Gasteiger partial charge in [0.25, 0.3) is 0 Å². The van der Waals surface area contributed by atoms with Crippen molar-refractivity contribution in [2.45, 2.75) is 12.8 Å². The summed E-state index contributed by atoms with van der Waals surface area (Å²) in [7, 11) is 0. The van der Waals surface area contributed by atoms with Gasteiger partial charge in [0.15, 0.2) is 0 Å². The van der Waals surface area contributed by atoms with Crippen molar-refractivity contribution in [1.29, 1.82) is 0 Å². The van der Waals surface area contributed by atoms with E-state index in [1.807, 2.05) is 0 Å². The lowest BCUT2D eigenvalue weighted by Crippen LogP contribution is -2.40. The van der Waals surface area contributed by atoms with E-state index in [9.17, 15) is 9.59 Å². The summed E-state index contributed by atoms with van der Waals surface area (Å²) in [5.41, 5.74) is 15.3. The van der Waals surface area contributed by atoms with Crippen molar-refractivity contribution in [3.05, 3.63) is 0 Å². The van der Waals surface area contributed by atoms with Crippen LogP contribution in [0.15, 0.2) is 0 Å². The highest BCUT2D eigenvalue weighted by Gasteiger charge is 2.10. The molecule has 0 rings (SSSR count). The Labute approximate surface area is 93.8 Å². The fraction of sp³-hybridized carbons (Fsp3) is 0.625. The van der Waals surface area contributed by atoms with Crippen LogP contribution in [0.5, 0.6) is 0 Å². The van der Waals surface area contributed by atoms with Gasteiger partial charge in [0.1, 0.15) is 0 Å². The average molecular weight is 232 g/mol. The first kappa shape index (κ1) is 13.8. The number of hydrogen-bond donors (Lipinski definition) is 3. The molecule has 2 amide bonds. The fourth-order valence-electron chi connectivity index (χ4n) is 1.13. The van der Waals surface area contributed by atoms with Gasteiger partial charge in [-0.25, -0.2) is 0 Å². The minimum absolute atomic E-state index is 0.0142. The summed E-state index contributed by atoms with van der Waals surface area (Å²) in [4.78, 5) is 23.3.